The van der Waals surface area contributed by atoms with Crippen molar-refractivity contribution in [1.82, 2.24) is 14.9 Å². The summed E-state index contributed by atoms with van der Waals surface area (Å²) in [7, 11) is 0. The largest absolute Gasteiger partial charge is 0.440 e. The predicted octanol–water partition coefficient (Wildman–Crippen LogP) is 6.17. The number of carbonyl (C=O) groups is 1. The topological polar surface area (TPSA) is 59.2 Å². The van der Waals surface area contributed by atoms with Crippen molar-refractivity contribution in [2.75, 3.05) is 13.1 Å². The molecule has 1 aliphatic rings. The van der Waals surface area contributed by atoms with E-state index >= 15 is 0 Å². The molecule has 4 aromatic rings. The first-order chi connectivity index (χ1) is 15.0. The highest BCUT2D eigenvalue weighted by molar-refractivity contribution is 6.31. The smallest absolute Gasteiger partial charge is 0.254 e. The van der Waals surface area contributed by atoms with Crippen LogP contribution in [0.1, 0.15) is 60.5 Å². The van der Waals surface area contributed by atoms with E-state index in [0.717, 1.165) is 52.0 Å². The number of fused-ring (bicyclic) bond motifs is 2. The maximum atomic E-state index is 13.5. The third kappa shape index (κ3) is 3.79. The standard InChI is InChI=1S/C25H24ClN3O2/c1-15(2)21-14-19(18-5-3-4-6-20(18)27-21)25(30)29-11-9-16(10-12-29)24-28-22-13-17(26)7-8-23(22)31-24/h3-8,13-16H,9-12H2,1-2H3. The lowest BCUT2D eigenvalue weighted by Crippen LogP contribution is -2.38. The molecule has 1 aliphatic heterocycles. The second kappa shape index (κ2) is 7.97. The average molecular weight is 434 g/mol. The molecule has 2 aromatic heterocycles. The van der Waals surface area contributed by atoms with Gasteiger partial charge in [0.15, 0.2) is 11.5 Å². The van der Waals surface area contributed by atoms with E-state index in [2.05, 4.69) is 18.8 Å². The quantitative estimate of drug-likeness (QED) is 0.387. The van der Waals surface area contributed by atoms with E-state index in [1.54, 1.807) is 0 Å². The number of nitrogens with zero attached hydrogens (tertiary/aromatic N) is 3. The third-order valence-corrected chi connectivity index (χ3v) is 6.29. The Hall–Kier alpha value is -2.92. The predicted molar refractivity (Wildman–Crippen MR) is 123 cm³/mol. The zero-order valence-corrected chi connectivity index (χ0v) is 18.4. The summed E-state index contributed by atoms with van der Waals surface area (Å²) in [6.07, 6.45) is 1.65. The number of oxazole rings is 1. The second-order valence-corrected chi connectivity index (χ2v) is 8.93. The number of halogens is 1. The fourth-order valence-corrected chi connectivity index (χ4v) is 4.43. The molecule has 0 unspecified atom stereocenters. The number of hydrogen-bond donors (Lipinski definition) is 0. The van der Waals surface area contributed by atoms with E-state index < -0.39 is 0 Å². The molecular formula is C25H24ClN3O2. The summed E-state index contributed by atoms with van der Waals surface area (Å²) in [4.78, 5) is 24.8. The normalized spacial score (nSPS) is 15.3. The summed E-state index contributed by atoms with van der Waals surface area (Å²) in [5, 5.41) is 1.56. The lowest BCUT2D eigenvalue weighted by atomic mass is 9.95. The Morgan fingerprint density at radius 3 is 2.61 bits per heavy atom. The monoisotopic (exact) mass is 433 g/mol. The Kier molecular flexibility index (Phi) is 5.14. The molecule has 5 nitrogen and oxygen atoms in total. The van der Waals surface area contributed by atoms with Gasteiger partial charge in [0.05, 0.1) is 11.1 Å². The van der Waals surface area contributed by atoms with Crippen LogP contribution in [0.3, 0.4) is 0 Å². The minimum atomic E-state index is 0.0725. The molecule has 158 valence electrons. The van der Waals surface area contributed by atoms with Crippen molar-refractivity contribution in [3.8, 4) is 0 Å². The van der Waals surface area contributed by atoms with E-state index in [0.29, 0.717) is 18.1 Å². The molecule has 3 heterocycles. The van der Waals surface area contributed by atoms with Crippen LogP contribution in [0, 0.1) is 0 Å². The fourth-order valence-electron chi connectivity index (χ4n) is 4.26. The number of rotatable bonds is 3. The SMILES string of the molecule is CC(C)c1cc(C(=O)N2CCC(c3nc4cc(Cl)ccc4o3)CC2)c2ccccc2n1. The maximum Gasteiger partial charge on any atom is 0.254 e. The molecule has 0 saturated carbocycles. The van der Waals surface area contributed by atoms with Crippen LogP contribution < -0.4 is 0 Å². The molecule has 0 radical (unpaired) electrons. The minimum absolute atomic E-state index is 0.0725. The maximum absolute atomic E-state index is 13.5. The number of pyridine rings is 1. The van der Waals surface area contributed by atoms with Crippen LogP contribution in [0.4, 0.5) is 0 Å². The molecule has 1 saturated heterocycles. The van der Waals surface area contributed by atoms with Crippen LogP contribution in [0.2, 0.25) is 5.02 Å². The molecule has 2 aromatic carbocycles. The van der Waals surface area contributed by atoms with Crippen molar-refractivity contribution in [3.05, 3.63) is 70.7 Å². The Balaban J connectivity index is 1.37. The van der Waals surface area contributed by atoms with Gasteiger partial charge in [0.25, 0.3) is 5.91 Å². The van der Waals surface area contributed by atoms with Crippen molar-refractivity contribution < 1.29 is 9.21 Å². The van der Waals surface area contributed by atoms with Crippen LogP contribution in [-0.4, -0.2) is 33.9 Å². The van der Waals surface area contributed by atoms with Gasteiger partial charge in [-0.3, -0.25) is 9.78 Å². The van der Waals surface area contributed by atoms with Crippen molar-refractivity contribution in [1.29, 1.82) is 0 Å². The van der Waals surface area contributed by atoms with Gasteiger partial charge in [-0.2, -0.15) is 0 Å². The first kappa shape index (κ1) is 20.0. The summed E-state index contributed by atoms with van der Waals surface area (Å²) < 4.78 is 5.96. The van der Waals surface area contributed by atoms with Crippen molar-refractivity contribution in [3.63, 3.8) is 0 Å². The van der Waals surface area contributed by atoms with Crippen LogP contribution in [0.5, 0.6) is 0 Å². The summed E-state index contributed by atoms with van der Waals surface area (Å²) in [5.41, 5.74) is 4.09. The van der Waals surface area contributed by atoms with Crippen LogP contribution in [0.25, 0.3) is 22.0 Å². The lowest BCUT2D eigenvalue weighted by Gasteiger charge is -2.31. The van der Waals surface area contributed by atoms with Gasteiger partial charge >= 0.3 is 0 Å². The van der Waals surface area contributed by atoms with E-state index in [9.17, 15) is 4.79 Å². The van der Waals surface area contributed by atoms with E-state index in [-0.39, 0.29) is 17.7 Å². The zero-order chi connectivity index (χ0) is 21.5. The minimum Gasteiger partial charge on any atom is -0.440 e. The first-order valence-electron chi connectivity index (χ1n) is 10.7. The molecule has 0 bridgehead atoms. The lowest BCUT2D eigenvalue weighted by molar-refractivity contribution is 0.0708. The van der Waals surface area contributed by atoms with Gasteiger partial charge in [-0.15, -0.1) is 0 Å². The molecule has 1 amide bonds. The van der Waals surface area contributed by atoms with Gasteiger partial charge in [0.2, 0.25) is 0 Å². The molecule has 0 N–H and O–H groups in total. The van der Waals surface area contributed by atoms with Crippen LogP contribution in [-0.2, 0) is 0 Å². The van der Waals surface area contributed by atoms with Gasteiger partial charge in [-0.05, 0) is 49.1 Å². The molecule has 6 heteroatoms. The molecule has 0 aliphatic carbocycles. The Labute approximate surface area is 186 Å². The highest BCUT2D eigenvalue weighted by Crippen LogP contribution is 2.32. The van der Waals surface area contributed by atoms with Gasteiger partial charge in [0.1, 0.15) is 5.52 Å². The van der Waals surface area contributed by atoms with Gasteiger partial charge in [-0.25, -0.2) is 4.98 Å². The summed E-state index contributed by atoms with van der Waals surface area (Å²) in [5.74, 6) is 1.27. The Morgan fingerprint density at radius 1 is 1.06 bits per heavy atom. The Bertz CT molecular complexity index is 1270. The highest BCUT2D eigenvalue weighted by Gasteiger charge is 2.28. The second-order valence-electron chi connectivity index (χ2n) is 8.50. The fraction of sp³-hybridized carbons (Fsp3) is 0.320. The number of amides is 1. The molecule has 0 spiro atoms. The molecule has 1 fully saturated rings. The highest BCUT2D eigenvalue weighted by atomic mass is 35.5. The van der Waals surface area contributed by atoms with Crippen LogP contribution >= 0.6 is 11.6 Å². The molecular weight excluding hydrogens is 410 g/mol. The zero-order valence-electron chi connectivity index (χ0n) is 17.6. The number of likely N-dealkylation sites (tertiary alicyclic amines) is 1. The summed E-state index contributed by atoms with van der Waals surface area (Å²) in [6.45, 7) is 5.56. The Morgan fingerprint density at radius 2 is 1.84 bits per heavy atom. The van der Waals surface area contributed by atoms with Gasteiger partial charge in [0, 0.05) is 35.1 Å². The van der Waals surface area contributed by atoms with Crippen LogP contribution in [0.15, 0.2) is 52.9 Å². The number of aromatic nitrogens is 2. The van der Waals surface area contributed by atoms with E-state index in [1.165, 1.54) is 0 Å². The number of benzene rings is 2. The third-order valence-electron chi connectivity index (χ3n) is 6.06. The number of carbonyl (C=O) groups excluding carboxylic acids is 1. The van der Waals surface area contributed by atoms with Crippen molar-refractivity contribution in [2.45, 2.75) is 38.5 Å². The van der Waals surface area contributed by atoms with Gasteiger partial charge < -0.3 is 9.32 Å². The van der Waals surface area contributed by atoms with Crippen molar-refractivity contribution >= 4 is 39.5 Å². The molecule has 5 rings (SSSR count). The number of para-hydroxylation sites is 1. The summed E-state index contributed by atoms with van der Waals surface area (Å²) >= 11 is 6.07. The van der Waals surface area contributed by atoms with Crippen molar-refractivity contribution in [2.24, 2.45) is 0 Å². The van der Waals surface area contributed by atoms with Gasteiger partial charge in [-0.1, -0.05) is 43.6 Å². The molecule has 31 heavy (non-hydrogen) atoms. The first-order valence-corrected chi connectivity index (χ1v) is 11.1. The number of piperidine rings is 1. The average Bonchev–Trinajstić information content (AvgIpc) is 3.21. The van der Waals surface area contributed by atoms with E-state index in [1.807, 2.05) is 53.4 Å². The molecule has 0 atom stereocenters. The number of hydrogen-bond acceptors (Lipinski definition) is 4. The summed E-state index contributed by atoms with van der Waals surface area (Å²) in [6, 6.07) is 15.3. The van der Waals surface area contributed by atoms with E-state index in [4.69, 9.17) is 21.0 Å².